The summed E-state index contributed by atoms with van der Waals surface area (Å²) < 4.78 is 11.0. The van der Waals surface area contributed by atoms with E-state index in [0.717, 1.165) is 10.1 Å². The number of nitrogens with zero attached hydrogens (tertiary/aromatic N) is 3. The molecular formula is C19H19ClN4O5. The molecule has 0 saturated heterocycles. The molecule has 0 bridgehead atoms. The van der Waals surface area contributed by atoms with Crippen molar-refractivity contribution in [3.8, 4) is 0 Å². The molecule has 0 fully saturated rings. The second kappa shape index (κ2) is 8.87. The zero-order chi connectivity index (χ0) is 21.0. The fourth-order valence-corrected chi connectivity index (χ4v) is 3.07. The van der Waals surface area contributed by atoms with Crippen LogP contribution in [0.15, 0.2) is 39.9 Å². The monoisotopic (exact) mass is 418 g/mol. The Morgan fingerprint density at radius 2 is 2.07 bits per heavy atom. The predicted molar refractivity (Wildman–Crippen MR) is 105 cm³/mol. The zero-order valence-corrected chi connectivity index (χ0v) is 16.6. The van der Waals surface area contributed by atoms with Gasteiger partial charge in [-0.15, -0.1) is 0 Å². The summed E-state index contributed by atoms with van der Waals surface area (Å²) in [6.45, 7) is 3.72. The maximum absolute atomic E-state index is 13.0. The van der Waals surface area contributed by atoms with Gasteiger partial charge in [0.25, 0.3) is 11.3 Å². The largest absolute Gasteiger partial charge is 0.461 e. The van der Waals surface area contributed by atoms with Gasteiger partial charge in [0.05, 0.1) is 6.61 Å². The highest BCUT2D eigenvalue weighted by atomic mass is 35.5. The zero-order valence-electron chi connectivity index (χ0n) is 15.8. The summed E-state index contributed by atoms with van der Waals surface area (Å²) in [7, 11) is 0. The van der Waals surface area contributed by atoms with Gasteiger partial charge in [0, 0.05) is 11.6 Å². The number of rotatable bonds is 7. The lowest BCUT2D eigenvalue weighted by atomic mass is 10.1. The van der Waals surface area contributed by atoms with Gasteiger partial charge in [0.1, 0.15) is 17.8 Å². The molecule has 9 nitrogen and oxygen atoms in total. The molecule has 1 atom stereocenters. The van der Waals surface area contributed by atoms with Gasteiger partial charge >= 0.3 is 5.97 Å². The maximum atomic E-state index is 13.0. The van der Waals surface area contributed by atoms with Crippen LogP contribution in [0, 0.1) is 0 Å². The van der Waals surface area contributed by atoms with E-state index < -0.39 is 17.6 Å². The smallest absolute Gasteiger partial charge is 0.361 e. The first-order valence-corrected chi connectivity index (χ1v) is 9.40. The van der Waals surface area contributed by atoms with E-state index >= 15 is 0 Å². The van der Waals surface area contributed by atoms with E-state index in [4.69, 9.17) is 20.9 Å². The average molecular weight is 419 g/mol. The molecule has 0 saturated carbocycles. The molecule has 0 aliphatic carbocycles. The van der Waals surface area contributed by atoms with Crippen LogP contribution in [0.1, 0.15) is 42.4 Å². The van der Waals surface area contributed by atoms with E-state index in [1.54, 1.807) is 32.0 Å². The SMILES string of the molecule is CCOC(=O)c1noc2ncn([C@@H](CC)C(=O)NCc3ccccc3Cl)c(=O)c12. The van der Waals surface area contributed by atoms with Gasteiger partial charge in [-0.2, -0.15) is 0 Å². The highest BCUT2D eigenvalue weighted by Gasteiger charge is 2.26. The number of amides is 1. The van der Waals surface area contributed by atoms with Gasteiger partial charge in [0.2, 0.25) is 11.6 Å². The minimum Gasteiger partial charge on any atom is -0.461 e. The van der Waals surface area contributed by atoms with Gasteiger partial charge < -0.3 is 14.6 Å². The fourth-order valence-electron chi connectivity index (χ4n) is 2.87. The molecule has 2 heterocycles. The normalized spacial score (nSPS) is 12.0. The Bertz CT molecular complexity index is 1110. The number of ether oxygens (including phenoxy) is 1. The lowest BCUT2D eigenvalue weighted by Crippen LogP contribution is -2.37. The first-order valence-electron chi connectivity index (χ1n) is 9.02. The second-order valence-electron chi connectivity index (χ2n) is 6.12. The molecule has 3 aromatic rings. The Labute approximate surface area is 170 Å². The van der Waals surface area contributed by atoms with Crippen molar-refractivity contribution in [2.24, 2.45) is 0 Å². The molecule has 0 unspecified atom stereocenters. The quantitative estimate of drug-likeness (QED) is 0.586. The lowest BCUT2D eigenvalue weighted by molar-refractivity contribution is -0.124. The van der Waals surface area contributed by atoms with Crippen molar-refractivity contribution in [1.82, 2.24) is 20.0 Å². The van der Waals surface area contributed by atoms with Crippen LogP contribution in [0.3, 0.4) is 0 Å². The Hall–Kier alpha value is -3.20. The van der Waals surface area contributed by atoms with Gasteiger partial charge in [-0.05, 0) is 25.0 Å². The molecular weight excluding hydrogens is 400 g/mol. The van der Waals surface area contributed by atoms with Crippen molar-refractivity contribution in [3.63, 3.8) is 0 Å². The van der Waals surface area contributed by atoms with Crippen molar-refractivity contribution in [1.29, 1.82) is 0 Å². The van der Waals surface area contributed by atoms with Crippen LogP contribution in [0.25, 0.3) is 11.1 Å². The van der Waals surface area contributed by atoms with Crippen LogP contribution in [0.2, 0.25) is 5.02 Å². The topological polar surface area (TPSA) is 116 Å². The summed E-state index contributed by atoms with van der Waals surface area (Å²) in [5, 5.41) is 6.78. The number of hydrogen-bond acceptors (Lipinski definition) is 7. The Morgan fingerprint density at radius 1 is 1.31 bits per heavy atom. The number of hydrogen-bond donors (Lipinski definition) is 1. The fraction of sp³-hybridized carbons (Fsp3) is 0.316. The van der Waals surface area contributed by atoms with Crippen molar-refractivity contribution in [2.45, 2.75) is 32.9 Å². The molecule has 1 aromatic carbocycles. The number of nitrogens with one attached hydrogen (secondary N) is 1. The molecule has 10 heteroatoms. The summed E-state index contributed by atoms with van der Waals surface area (Å²) in [4.78, 5) is 41.8. The molecule has 0 radical (unpaired) electrons. The number of esters is 1. The Balaban J connectivity index is 1.90. The summed E-state index contributed by atoms with van der Waals surface area (Å²) in [5.41, 5.74) is -0.221. The van der Waals surface area contributed by atoms with Crippen molar-refractivity contribution in [2.75, 3.05) is 6.61 Å². The van der Waals surface area contributed by atoms with Crippen LogP contribution in [0.5, 0.6) is 0 Å². The number of fused-ring (bicyclic) bond motifs is 1. The molecule has 0 aliphatic heterocycles. The Kier molecular flexibility index (Phi) is 6.28. The van der Waals surface area contributed by atoms with E-state index in [0.29, 0.717) is 11.4 Å². The summed E-state index contributed by atoms with van der Waals surface area (Å²) in [6, 6.07) is 6.29. The summed E-state index contributed by atoms with van der Waals surface area (Å²) in [6.07, 6.45) is 1.52. The molecule has 152 valence electrons. The average Bonchev–Trinajstić information content (AvgIpc) is 3.15. The summed E-state index contributed by atoms with van der Waals surface area (Å²) in [5.74, 6) is -1.18. The van der Waals surface area contributed by atoms with Gasteiger partial charge in [-0.1, -0.05) is 41.9 Å². The van der Waals surface area contributed by atoms with Crippen LogP contribution < -0.4 is 10.9 Å². The number of benzene rings is 1. The third-order valence-corrected chi connectivity index (χ3v) is 4.70. The molecule has 0 spiro atoms. The second-order valence-corrected chi connectivity index (χ2v) is 6.53. The molecule has 1 amide bonds. The molecule has 0 aliphatic rings. The third kappa shape index (κ3) is 4.14. The number of halogens is 1. The van der Waals surface area contributed by atoms with Crippen molar-refractivity contribution in [3.05, 3.63) is 57.2 Å². The molecule has 29 heavy (non-hydrogen) atoms. The molecule has 2 aromatic heterocycles. The molecule has 1 N–H and O–H groups in total. The first kappa shape index (κ1) is 20.5. The molecule has 3 rings (SSSR count). The van der Waals surface area contributed by atoms with Crippen LogP contribution in [-0.2, 0) is 16.1 Å². The number of carbonyl (C=O) groups excluding carboxylic acids is 2. The third-order valence-electron chi connectivity index (χ3n) is 4.33. The maximum Gasteiger partial charge on any atom is 0.361 e. The van der Waals surface area contributed by atoms with Gasteiger partial charge in [-0.3, -0.25) is 14.2 Å². The lowest BCUT2D eigenvalue weighted by Gasteiger charge is -2.17. The van der Waals surface area contributed by atoms with Crippen molar-refractivity contribution >= 4 is 34.6 Å². The highest BCUT2D eigenvalue weighted by Crippen LogP contribution is 2.17. The van der Waals surface area contributed by atoms with E-state index in [1.807, 2.05) is 6.07 Å². The van der Waals surface area contributed by atoms with Crippen molar-refractivity contribution < 1.29 is 18.8 Å². The first-order chi connectivity index (χ1) is 14.0. The van der Waals surface area contributed by atoms with E-state index in [9.17, 15) is 14.4 Å². The summed E-state index contributed by atoms with van der Waals surface area (Å²) >= 11 is 6.11. The minimum absolute atomic E-state index is 0.0966. The number of aromatic nitrogens is 3. The minimum atomic E-state index is -0.841. The van der Waals surface area contributed by atoms with Gasteiger partial charge in [0.15, 0.2) is 0 Å². The highest BCUT2D eigenvalue weighted by molar-refractivity contribution is 6.31. The standard InChI is InChI=1S/C19H19ClN4O5/c1-3-13(16(25)21-9-11-7-5-6-8-12(11)20)24-10-22-17-14(18(24)26)15(23-29-17)19(27)28-4-2/h5-8,10,13H,3-4,9H2,1-2H3,(H,21,25)/t13-/m0/s1. The van der Waals surface area contributed by atoms with Gasteiger partial charge in [-0.25, -0.2) is 9.78 Å². The van der Waals surface area contributed by atoms with E-state index in [2.05, 4.69) is 15.5 Å². The number of carbonyl (C=O) groups is 2. The van der Waals surface area contributed by atoms with Crippen LogP contribution >= 0.6 is 11.6 Å². The predicted octanol–water partition coefficient (Wildman–Crippen LogP) is 2.48. The van der Waals surface area contributed by atoms with Crippen LogP contribution in [0.4, 0.5) is 0 Å². The Morgan fingerprint density at radius 3 is 2.76 bits per heavy atom. The van der Waals surface area contributed by atoms with Crippen LogP contribution in [-0.4, -0.2) is 33.2 Å². The van der Waals surface area contributed by atoms with E-state index in [1.165, 1.54) is 6.33 Å². The van der Waals surface area contributed by atoms with E-state index in [-0.39, 0.29) is 35.9 Å².